The molecule has 130 valence electrons. The van der Waals surface area contributed by atoms with Gasteiger partial charge in [-0.2, -0.15) is 0 Å². The van der Waals surface area contributed by atoms with Crippen molar-refractivity contribution in [2.24, 2.45) is 0 Å². The maximum Gasteiger partial charge on any atom is 0.302 e. The van der Waals surface area contributed by atoms with Gasteiger partial charge in [0.25, 0.3) is 0 Å². The molecule has 0 amide bonds. The van der Waals surface area contributed by atoms with Crippen LogP contribution >= 0.6 is 0 Å². The van der Waals surface area contributed by atoms with Crippen molar-refractivity contribution < 1.29 is 23.7 Å². The predicted molar refractivity (Wildman–Crippen MR) is 88.6 cm³/mol. The Morgan fingerprint density at radius 3 is 2.30 bits per heavy atom. The number of hydrogen-bond acceptors (Lipinski definition) is 5. The number of ether oxygens (including phenoxy) is 4. The van der Waals surface area contributed by atoms with Crippen LogP contribution in [0.2, 0.25) is 0 Å². The molecule has 1 aromatic rings. The van der Waals surface area contributed by atoms with Gasteiger partial charge in [0.2, 0.25) is 0 Å². The topological polar surface area (TPSA) is 54.0 Å². The number of rotatable bonds is 11. The Kier molecular flexibility index (Phi) is 9.33. The summed E-state index contributed by atoms with van der Waals surface area (Å²) in [5.74, 6) is 1.05. The van der Waals surface area contributed by atoms with E-state index in [-0.39, 0.29) is 18.9 Å². The lowest BCUT2D eigenvalue weighted by Crippen LogP contribution is -2.19. The molecule has 2 unspecified atom stereocenters. The summed E-state index contributed by atoms with van der Waals surface area (Å²) in [6.07, 6.45) is 0.776. The van der Waals surface area contributed by atoms with Gasteiger partial charge in [-0.15, -0.1) is 0 Å². The maximum atomic E-state index is 10.6. The van der Waals surface area contributed by atoms with Crippen LogP contribution in [0.3, 0.4) is 0 Å². The van der Waals surface area contributed by atoms with Crippen LogP contribution in [0.4, 0.5) is 0 Å². The molecule has 5 nitrogen and oxygen atoms in total. The van der Waals surface area contributed by atoms with Crippen molar-refractivity contribution in [3.05, 3.63) is 29.8 Å². The van der Waals surface area contributed by atoms with Gasteiger partial charge in [-0.3, -0.25) is 4.79 Å². The minimum Gasteiger partial charge on any atom is -0.465 e. The van der Waals surface area contributed by atoms with Crippen LogP contribution < -0.4 is 4.74 Å². The molecule has 0 N–H and O–H groups in total. The van der Waals surface area contributed by atoms with E-state index in [1.54, 1.807) is 0 Å². The summed E-state index contributed by atoms with van der Waals surface area (Å²) in [5, 5.41) is 0. The van der Waals surface area contributed by atoms with E-state index in [1.807, 2.05) is 19.1 Å². The monoisotopic (exact) mass is 324 g/mol. The third-order valence-electron chi connectivity index (χ3n) is 3.48. The molecule has 23 heavy (non-hydrogen) atoms. The fourth-order valence-corrected chi connectivity index (χ4v) is 1.96. The maximum absolute atomic E-state index is 10.6. The molecule has 0 bridgehead atoms. The van der Waals surface area contributed by atoms with Gasteiger partial charge in [-0.1, -0.05) is 26.0 Å². The average Bonchev–Trinajstić information content (AvgIpc) is 2.53. The van der Waals surface area contributed by atoms with Crippen LogP contribution in [-0.4, -0.2) is 38.7 Å². The summed E-state index contributed by atoms with van der Waals surface area (Å²) in [6.45, 7) is 9.11. The lowest BCUT2D eigenvalue weighted by atomic mass is 9.99. The van der Waals surface area contributed by atoms with Crippen molar-refractivity contribution >= 4 is 5.97 Å². The minimum absolute atomic E-state index is 0.268. The zero-order valence-corrected chi connectivity index (χ0v) is 14.5. The van der Waals surface area contributed by atoms with Gasteiger partial charge in [0.1, 0.15) is 12.4 Å². The second-order valence-corrected chi connectivity index (χ2v) is 5.39. The van der Waals surface area contributed by atoms with Crippen LogP contribution in [0.25, 0.3) is 0 Å². The van der Waals surface area contributed by atoms with Gasteiger partial charge < -0.3 is 18.9 Å². The van der Waals surface area contributed by atoms with E-state index in [0.717, 1.165) is 12.2 Å². The largest absolute Gasteiger partial charge is 0.465 e. The fourth-order valence-electron chi connectivity index (χ4n) is 1.96. The Balaban J connectivity index is 2.16. The first-order valence-electron chi connectivity index (χ1n) is 8.12. The summed E-state index contributed by atoms with van der Waals surface area (Å²) < 4.78 is 21.2. The van der Waals surface area contributed by atoms with Gasteiger partial charge in [0, 0.05) is 6.92 Å². The molecular weight excluding hydrogens is 296 g/mol. The molecule has 1 rings (SSSR count). The van der Waals surface area contributed by atoms with E-state index in [2.05, 4.69) is 26.0 Å². The first-order chi connectivity index (χ1) is 11.0. The molecule has 0 aliphatic carbocycles. The molecule has 0 aliphatic heterocycles. The highest BCUT2D eigenvalue weighted by Gasteiger charge is 2.06. The molecule has 0 aliphatic rings. The SMILES string of the molecule is CCC(C)c1ccc(OC(C)OCCOCCOC(C)=O)cc1. The molecule has 0 fully saturated rings. The molecule has 2 atom stereocenters. The van der Waals surface area contributed by atoms with E-state index >= 15 is 0 Å². The van der Waals surface area contributed by atoms with Crippen LogP contribution in [0.5, 0.6) is 5.75 Å². The molecule has 1 aromatic carbocycles. The molecule has 0 heterocycles. The lowest BCUT2D eigenvalue weighted by molar-refractivity contribution is -0.142. The van der Waals surface area contributed by atoms with Crippen molar-refractivity contribution in [1.82, 2.24) is 0 Å². The normalized spacial score (nSPS) is 13.4. The summed E-state index contributed by atoms with van der Waals surface area (Å²) >= 11 is 0. The first-order valence-corrected chi connectivity index (χ1v) is 8.12. The summed E-state index contributed by atoms with van der Waals surface area (Å²) in [5.41, 5.74) is 1.31. The molecule has 0 saturated heterocycles. The molecular formula is C18H28O5. The first kappa shape index (κ1) is 19.5. The zero-order valence-electron chi connectivity index (χ0n) is 14.5. The predicted octanol–water partition coefficient (Wildman–Crippen LogP) is 3.52. The number of carbonyl (C=O) groups excluding carboxylic acids is 1. The highest BCUT2D eigenvalue weighted by Crippen LogP contribution is 2.22. The Labute approximate surface area is 138 Å². The smallest absolute Gasteiger partial charge is 0.302 e. The molecule has 0 aromatic heterocycles. The molecule has 5 heteroatoms. The standard InChI is InChI=1S/C18H28O5/c1-5-14(2)17-6-8-18(9-7-17)23-16(4)22-13-11-20-10-12-21-15(3)19/h6-9,14,16H,5,10-13H2,1-4H3. The number of esters is 1. The summed E-state index contributed by atoms with van der Waals surface area (Å²) in [4.78, 5) is 10.6. The van der Waals surface area contributed by atoms with Gasteiger partial charge in [-0.25, -0.2) is 0 Å². The van der Waals surface area contributed by atoms with Crippen LogP contribution in [0.1, 0.15) is 45.6 Å². The van der Waals surface area contributed by atoms with E-state index in [9.17, 15) is 4.79 Å². The summed E-state index contributed by atoms with van der Waals surface area (Å²) in [7, 11) is 0. The van der Waals surface area contributed by atoms with E-state index < -0.39 is 0 Å². The number of carbonyl (C=O) groups is 1. The average molecular weight is 324 g/mol. The lowest BCUT2D eigenvalue weighted by Gasteiger charge is -2.16. The van der Waals surface area contributed by atoms with Crippen molar-refractivity contribution in [3.63, 3.8) is 0 Å². The highest BCUT2D eigenvalue weighted by molar-refractivity contribution is 5.65. The van der Waals surface area contributed by atoms with Crippen molar-refractivity contribution in [2.45, 2.75) is 46.3 Å². The number of hydrogen-bond donors (Lipinski definition) is 0. The van der Waals surface area contributed by atoms with Crippen LogP contribution in [0, 0.1) is 0 Å². The van der Waals surface area contributed by atoms with Crippen molar-refractivity contribution in [2.75, 3.05) is 26.4 Å². The van der Waals surface area contributed by atoms with Gasteiger partial charge in [-0.05, 0) is 37.0 Å². The second kappa shape index (κ2) is 11.0. The fraction of sp³-hybridized carbons (Fsp3) is 0.611. The third-order valence-corrected chi connectivity index (χ3v) is 3.48. The second-order valence-electron chi connectivity index (χ2n) is 5.39. The van der Waals surface area contributed by atoms with E-state index in [1.165, 1.54) is 12.5 Å². The minimum atomic E-state index is -0.346. The third kappa shape index (κ3) is 8.57. The van der Waals surface area contributed by atoms with E-state index in [4.69, 9.17) is 18.9 Å². The molecule has 0 saturated carbocycles. The Morgan fingerprint density at radius 1 is 1.04 bits per heavy atom. The van der Waals surface area contributed by atoms with Crippen molar-refractivity contribution in [3.8, 4) is 5.75 Å². The Morgan fingerprint density at radius 2 is 1.70 bits per heavy atom. The van der Waals surface area contributed by atoms with E-state index in [0.29, 0.717) is 25.7 Å². The van der Waals surface area contributed by atoms with Gasteiger partial charge in [0.05, 0.1) is 19.8 Å². The quantitative estimate of drug-likeness (QED) is 0.354. The van der Waals surface area contributed by atoms with Crippen LogP contribution in [0.15, 0.2) is 24.3 Å². The number of benzene rings is 1. The zero-order chi connectivity index (χ0) is 17.1. The highest BCUT2D eigenvalue weighted by atomic mass is 16.7. The molecule has 0 radical (unpaired) electrons. The van der Waals surface area contributed by atoms with Crippen LogP contribution in [-0.2, 0) is 19.0 Å². The Hall–Kier alpha value is -1.59. The Bertz CT molecular complexity index is 443. The summed E-state index contributed by atoms with van der Waals surface area (Å²) in [6, 6.07) is 8.12. The van der Waals surface area contributed by atoms with Crippen molar-refractivity contribution in [1.29, 1.82) is 0 Å². The van der Waals surface area contributed by atoms with Gasteiger partial charge >= 0.3 is 5.97 Å². The molecule has 0 spiro atoms. The van der Waals surface area contributed by atoms with Gasteiger partial charge in [0.15, 0.2) is 6.29 Å².